The minimum atomic E-state index is -0.465. The number of halogens is 1. The smallest absolute Gasteiger partial charge is 0.263 e. The molecule has 3 rings (SSSR count). The van der Waals surface area contributed by atoms with Gasteiger partial charge >= 0.3 is 0 Å². The van der Waals surface area contributed by atoms with E-state index in [0.29, 0.717) is 36.4 Å². The lowest BCUT2D eigenvalue weighted by atomic mass is 10.2. The van der Waals surface area contributed by atoms with E-state index in [2.05, 4.69) is 32.4 Å². The zero-order valence-corrected chi connectivity index (χ0v) is 18.2. The van der Waals surface area contributed by atoms with Crippen LogP contribution in [0.1, 0.15) is 22.3 Å². The van der Waals surface area contributed by atoms with Crippen molar-refractivity contribution in [2.45, 2.75) is 13.0 Å². The van der Waals surface area contributed by atoms with Crippen LogP contribution in [0.15, 0.2) is 59.7 Å². The zero-order valence-electron chi connectivity index (χ0n) is 17.5. The van der Waals surface area contributed by atoms with Gasteiger partial charge in [0, 0.05) is 36.4 Å². The molecule has 32 heavy (non-hydrogen) atoms. The maximum atomic E-state index is 12.7. The summed E-state index contributed by atoms with van der Waals surface area (Å²) in [7, 11) is 1.54. The number of benzene rings is 1. The van der Waals surface area contributed by atoms with Crippen LogP contribution in [-0.2, 0) is 6.54 Å². The molecule has 3 aromatic rings. The predicted octanol–water partition coefficient (Wildman–Crippen LogP) is 2.58. The number of pyridine rings is 1. The summed E-state index contributed by atoms with van der Waals surface area (Å²) in [6.07, 6.45) is 3.77. The number of amides is 1. The number of hydrogen-bond acceptors (Lipinski definition) is 6. The molecule has 9 heteroatoms. The third-order valence-electron chi connectivity index (χ3n) is 4.34. The molecular formula is C23H22ClN5O3. The van der Waals surface area contributed by atoms with E-state index in [0.717, 1.165) is 5.56 Å². The third-order valence-corrected chi connectivity index (χ3v) is 4.58. The predicted molar refractivity (Wildman–Crippen MR) is 123 cm³/mol. The molecule has 1 amide bonds. The lowest BCUT2D eigenvalue weighted by Crippen LogP contribution is -2.33. The first-order valence-corrected chi connectivity index (χ1v) is 10.2. The van der Waals surface area contributed by atoms with Gasteiger partial charge in [-0.25, -0.2) is 4.98 Å². The summed E-state index contributed by atoms with van der Waals surface area (Å²) < 4.78 is 6.51. The Bertz CT molecular complexity index is 1200. The number of rotatable bonds is 8. The maximum Gasteiger partial charge on any atom is 0.263 e. The fourth-order valence-corrected chi connectivity index (χ4v) is 3.03. The van der Waals surface area contributed by atoms with Gasteiger partial charge in [-0.1, -0.05) is 35.6 Å². The fraction of sp³-hybridized carbons (Fsp3) is 0.217. The number of aromatic nitrogens is 3. The SMILES string of the molecule is COc1ccnc(NCCC#CCNC(=O)c2cccn(Cc3cccc(Cl)c3)c2=O)n1. The molecule has 8 nitrogen and oxygen atoms in total. The highest BCUT2D eigenvalue weighted by Gasteiger charge is 2.11. The van der Waals surface area contributed by atoms with E-state index in [1.807, 2.05) is 12.1 Å². The second-order valence-electron chi connectivity index (χ2n) is 6.62. The summed E-state index contributed by atoms with van der Waals surface area (Å²) in [6, 6.07) is 12.1. The Hall–Kier alpha value is -3.83. The largest absolute Gasteiger partial charge is 0.481 e. The molecule has 0 radical (unpaired) electrons. The van der Waals surface area contributed by atoms with E-state index in [1.54, 1.807) is 36.7 Å². The van der Waals surface area contributed by atoms with Gasteiger partial charge in [0.25, 0.3) is 11.5 Å². The topological polar surface area (TPSA) is 98.1 Å². The van der Waals surface area contributed by atoms with Gasteiger partial charge in [-0.3, -0.25) is 9.59 Å². The number of nitrogens with zero attached hydrogens (tertiary/aromatic N) is 3. The number of methoxy groups -OCH3 is 1. The summed E-state index contributed by atoms with van der Waals surface area (Å²) in [6.45, 7) is 1.00. The molecule has 1 aromatic carbocycles. The lowest BCUT2D eigenvalue weighted by molar-refractivity contribution is 0.0956. The Morgan fingerprint density at radius 2 is 2.09 bits per heavy atom. The quantitative estimate of drug-likeness (QED) is 0.403. The Morgan fingerprint density at radius 3 is 2.91 bits per heavy atom. The molecule has 0 spiro atoms. The van der Waals surface area contributed by atoms with Gasteiger partial charge in [0.1, 0.15) is 5.56 Å². The minimum Gasteiger partial charge on any atom is -0.481 e. The molecule has 0 unspecified atom stereocenters. The highest BCUT2D eigenvalue weighted by Crippen LogP contribution is 2.11. The van der Waals surface area contributed by atoms with E-state index < -0.39 is 5.91 Å². The maximum absolute atomic E-state index is 12.7. The molecule has 0 saturated carbocycles. The molecule has 0 aliphatic heterocycles. The minimum absolute atomic E-state index is 0.0631. The van der Waals surface area contributed by atoms with Gasteiger partial charge in [0.05, 0.1) is 20.2 Å². The van der Waals surface area contributed by atoms with Crippen molar-refractivity contribution in [3.05, 3.63) is 81.4 Å². The van der Waals surface area contributed by atoms with Crippen LogP contribution in [0, 0.1) is 11.8 Å². The van der Waals surface area contributed by atoms with Crippen molar-refractivity contribution in [3.63, 3.8) is 0 Å². The van der Waals surface area contributed by atoms with E-state index in [9.17, 15) is 9.59 Å². The van der Waals surface area contributed by atoms with Gasteiger partial charge in [-0.05, 0) is 29.8 Å². The average molecular weight is 452 g/mol. The van der Waals surface area contributed by atoms with Gasteiger partial charge in [-0.15, -0.1) is 0 Å². The number of carbonyl (C=O) groups is 1. The Kier molecular flexibility index (Phi) is 8.23. The van der Waals surface area contributed by atoms with Crippen molar-refractivity contribution < 1.29 is 9.53 Å². The van der Waals surface area contributed by atoms with Crippen LogP contribution < -0.4 is 20.9 Å². The van der Waals surface area contributed by atoms with Crippen LogP contribution in [-0.4, -0.2) is 40.6 Å². The molecule has 0 fully saturated rings. The number of hydrogen-bond donors (Lipinski definition) is 2. The van der Waals surface area contributed by atoms with Gasteiger partial charge in [-0.2, -0.15) is 4.98 Å². The highest BCUT2D eigenvalue weighted by molar-refractivity contribution is 6.30. The van der Waals surface area contributed by atoms with Gasteiger partial charge < -0.3 is 19.9 Å². The van der Waals surface area contributed by atoms with Crippen molar-refractivity contribution in [3.8, 4) is 17.7 Å². The first kappa shape index (κ1) is 22.8. The Morgan fingerprint density at radius 1 is 1.22 bits per heavy atom. The number of nitrogens with one attached hydrogen (secondary N) is 2. The highest BCUT2D eigenvalue weighted by atomic mass is 35.5. The molecule has 0 bridgehead atoms. The molecule has 2 aromatic heterocycles. The van der Waals surface area contributed by atoms with Crippen LogP contribution in [0.2, 0.25) is 5.02 Å². The summed E-state index contributed by atoms with van der Waals surface area (Å²) in [5.41, 5.74) is 0.560. The molecule has 0 saturated heterocycles. The van der Waals surface area contributed by atoms with Crippen molar-refractivity contribution >= 4 is 23.5 Å². The van der Waals surface area contributed by atoms with E-state index in [4.69, 9.17) is 16.3 Å². The van der Waals surface area contributed by atoms with Crippen LogP contribution in [0.4, 0.5) is 5.95 Å². The molecule has 2 N–H and O–H groups in total. The van der Waals surface area contributed by atoms with Crippen LogP contribution >= 0.6 is 11.6 Å². The Balaban J connectivity index is 1.48. The van der Waals surface area contributed by atoms with E-state index >= 15 is 0 Å². The summed E-state index contributed by atoms with van der Waals surface area (Å²) in [5, 5.41) is 6.28. The van der Waals surface area contributed by atoms with Crippen molar-refractivity contribution in [2.24, 2.45) is 0 Å². The lowest BCUT2D eigenvalue weighted by Gasteiger charge is -2.08. The molecule has 0 aliphatic carbocycles. The average Bonchev–Trinajstić information content (AvgIpc) is 2.80. The second kappa shape index (κ2) is 11.5. The molecule has 164 valence electrons. The molecular weight excluding hydrogens is 430 g/mol. The van der Waals surface area contributed by atoms with Gasteiger partial charge in [0.2, 0.25) is 11.8 Å². The van der Waals surface area contributed by atoms with E-state index in [-0.39, 0.29) is 17.7 Å². The number of anilines is 1. The monoisotopic (exact) mass is 451 g/mol. The molecule has 0 aliphatic rings. The number of carbonyl (C=O) groups excluding carboxylic acids is 1. The first-order valence-electron chi connectivity index (χ1n) is 9.85. The summed E-state index contributed by atoms with van der Waals surface area (Å²) >= 11 is 6.00. The van der Waals surface area contributed by atoms with Gasteiger partial charge in [0.15, 0.2) is 0 Å². The second-order valence-corrected chi connectivity index (χ2v) is 7.06. The Labute approximate surface area is 190 Å². The van der Waals surface area contributed by atoms with Crippen molar-refractivity contribution in [1.82, 2.24) is 19.9 Å². The van der Waals surface area contributed by atoms with Crippen molar-refractivity contribution in [1.29, 1.82) is 0 Å². The molecule has 0 atom stereocenters. The summed E-state index contributed by atoms with van der Waals surface area (Å²) in [5.74, 6) is 6.28. The van der Waals surface area contributed by atoms with E-state index in [1.165, 1.54) is 17.7 Å². The fourth-order valence-electron chi connectivity index (χ4n) is 2.81. The van der Waals surface area contributed by atoms with Crippen LogP contribution in [0.25, 0.3) is 0 Å². The first-order chi connectivity index (χ1) is 15.6. The van der Waals surface area contributed by atoms with Crippen LogP contribution in [0.5, 0.6) is 5.88 Å². The normalized spacial score (nSPS) is 10.1. The van der Waals surface area contributed by atoms with Crippen molar-refractivity contribution in [2.75, 3.05) is 25.5 Å². The number of ether oxygens (including phenoxy) is 1. The van der Waals surface area contributed by atoms with Crippen LogP contribution in [0.3, 0.4) is 0 Å². The molecule has 2 heterocycles. The standard InChI is InChI=1S/C23H22ClN5O3/c1-32-20-10-13-27-23(28-20)26-12-4-2-3-11-25-21(30)19-9-6-14-29(22(19)31)16-17-7-5-8-18(24)15-17/h5-10,13-15H,4,11-12,16H2,1H3,(H,25,30)(H,26,27,28). The zero-order chi connectivity index (χ0) is 22.8. The third kappa shape index (κ3) is 6.59. The summed E-state index contributed by atoms with van der Waals surface area (Å²) in [4.78, 5) is 33.3.